The minimum Gasteiger partial charge on any atom is -0.444 e. The summed E-state index contributed by atoms with van der Waals surface area (Å²) < 4.78 is 5.32. The number of carbonyl (C=O) groups is 1. The highest BCUT2D eigenvalue weighted by atomic mass is 16.3. The van der Waals surface area contributed by atoms with Crippen LogP contribution < -0.4 is 10.6 Å². The Bertz CT molecular complexity index is 857. The van der Waals surface area contributed by atoms with Gasteiger partial charge in [-0.15, -0.1) is 10.2 Å². The van der Waals surface area contributed by atoms with Gasteiger partial charge < -0.3 is 15.1 Å². The standard InChI is InChI=1S/C17H17N5O2/c23-17(12-2-1-5-18-8-12)20-16-7-13-6-11(15-9-19-10-24-15)3-4-14(13)21-22-16/h3-4,6-7,9-10,12,18H,1-2,5,8H2,(H,20,22,23)/t12-/m1/s1. The number of nitrogens with zero attached hydrogens (tertiary/aromatic N) is 3. The maximum atomic E-state index is 12.3. The lowest BCUT2D eigenvalue weighted by Crippen LogP contribution is -2.37. The van der Waals surface area contributed by atoms with Crippen molar-refractivity contribution in [3.8, 4) is 11.3 Å². The lowest BCUT2D eigenvalue weighted by Gasteiger charge is -2.21. The first-order valence-corrected chi connectivity index (χ1v) is 7.97. The quantitative estimate of drug-likeness (QED) is 0.768. The summed E-state index contributed by atoms with van der Waals surface area (Å²) in [5.41, 5.74) is 1.66. The predicted octanol–water partition coefficient (Wildman–Crippen LogP) is 2.22. The summed E-state index contributed by atoms with van der Waals surface area (Å²) in [6.45, 7) is 1.69. The Morgan fingerprint density at radius 3 is 3.04 bits per heavy atom. The molecule has 1 aromatic carbocycles. The summed E-state index contributed by atoms with van der Waals surface area (Å²) in [5.74, 6) is 1.12. The molecule has 1 fully saturated rings. The number of hydrogen-bond acceptors (Lipinski definition) is 6. The Hall–Kier alpha value is -2.80. The zero-order valence-electron chi connectivity index (χ0n) is 13.0. The lowest BCUT2D eigenvalue weighted by molar-refractivity contribution is -0.120. The number of hydrogen-bond donors (Lipinski definition) is 2. The third-order valence-electron chi connectivity index (χ3n) is 4.22. The molecule has 7 heteroatoms. The lowest BCUT2D eigenvalue weighted by atomic mass is 9.99. The van der Waals surface area contributed by atoms with Crippen LogP contribution in [0.5, 0.6) is 0 Å². The van der Waals surface area contributed by atoms with E-state index in [1.807, 2.05) is 24.3 Å². The van der Waals surface area contributed by atoms with E-state index in [0.29, 0.717) is 18.1 Å². The fourth-order valence-corrected chi connectivity index (χ4v) is 2.92. The van der Waals surface area contributed by atoms with E-state index in [0.717, 1.165) is 35.9 Å². The molecule has 7 nitrogen and oxygen atoms in total. The van der Waals surface area contributed by atoms with E-state index in [-0.39, 0.29) is 11.8 Å². The molecule has 3 aromatic rings. The van der Waals surface area contributed by atoms with Gasteiger partial charge in [-0.2, -0.15) is 0 Å². The van der Waals surface area contributed by atoms with Crippen molar-refractivity contribution >= 4 is 22.6 Å². The summed E-state index contributed by atoms with van der Waals surface area (Å²) in [6, 6.07) is 7.55. The van der Waals surface area contributed by atoms with Crippen LogP contribution in [-0.4, -0.2) is 34.2 Å². The molecule has 1 amide bonds. The van der Waals surface area contributed by atoms with E-state index < -0.39 is 0 Å². The molecule has 0 aliphatic carbocycles. The summed E-state index contributed by atoms with van der Waals surface area (Å²) in [6.07, 6.45) is 4.97. The number of aromatic nitrogens is 3. The van der Waals surface area contributed by atoms with Gasteiger partial charge in [-0.1, -0.05) is 0 Å². The number of anilines is 1. The Morgan fingerprint density at radius 1 is 1.29 bits per heavy atom. The highest BCUT2D eigenvalue weighted by molar-refractivity contribution is 5.94. The van der Waals surface area contributed by atoms with Crippen molar-refractivity contribution in [1.82, 2.24) is 20.5 Å². The minimum atomic E-state index is -0.0169. The van der Waals surface area contributed by atoms with Crippen LogP contribution in [0.1, 0.15) is 12.8 Å². The maximum Gasteiger partial charge on any atom is 0.229 e. The SMILES string of the molecule is O=C(Nc1cc2cc(-c3cnco3)ccc2nn1)[C@@H]1CCCNC1. The largest absolute Gasteiger partial charge is 0.444 e. The van der Waals surface area contributed by atoms with Crippen LogP contribution >= 0.6 is 0 Å². The molecule has 2 aromatic heterocycles. The predicted molar refractivity (Wildman–Crippen MR) is 89.3 cm³/mol. The molecule has 1 aliphatic heterocycles. The van der Waals surface area contributed by atoms with Crippen LogP contribution in [0.15, 0.2) is 41.3 Å². The number of piperidine rings is 1. The maximum absolute atomic E-state index is 12.3. The molecule has 0 spiro atoms. The number of benzene rings is 1. The van der Waals surface area contributed by atoms with Crippen molar-refractivity contribution in [3.63, 3.8) is 0 Å². The van der Waals surface area contributed by atoms with Gasteiger partial charge in [0.1, 0.15) is 0 Å². The second-order valence-corrected chi connectivity index (χ2v) is 5.90. The van der Waals surface area contributed by atoms with Gasteiger partial charge in [-0.05, 0) is 43.7 Å². The van der Waals surface area contributed by atoms with E-state index in [9.17, 15) is 4.79 Å². The molecule has 1 aliphatic rings. The van der Waals surface area contributed by atoms with Gasteiger partial charge >= 0.3 is 0 Å². The molecule has 0 radical (unpaired) electrons. The molecule has 1 saturated heterocycles. The van der Waals surface area contributed by atoms with Gasteiger partial charge in [0.05, 0.1) is 17.6 Å². The van der Waals surface area contributed by atoms with Gasteiger partial charge in [0.2, 0.25) is 5.91 Å². The van der Waals surface area contributed by atoms with E-state index in [2.05, 4.69) is 25.8 Å². The first kappa shape index (κ1) is 14.8. The van der Waals surface area contributed by atoms with Gasteiger partial charge in [0.25, 0.3) is 0 Å². The Morgan fingerprint density at radius 2 is 2.25 bits per heavy atom. The van der Waals surface area contributed by atoms with Crippen molar-refractivity contribution < 1.29 is 9.21 Å². The van der Waals surface area contributed by atoms with Gasteiger partial charge in [-0.3, -0.25) is 4.79 Å². The van der Waals surface area contributed by atoms with Crippen molar-refractivity contribution in [1.29, 1.82) is 0 Å². The number of rotatable bonds is 3. The van der Waals surface area contributed by atoms with E-state index in [1.54, 1.807) is 6.20 Å². The minimum absolute atomic E-state index is 0.0118. The number of carbonyl (C=O) groups excluding carboxylic acids is 1. The highest BCUT2D eigenvalue weighted by Crippen LogP contribution is 2.24. The summed E-state index contributed by atoms with van der Waals surface area (Å²) in [7, 11) is 0. The average Bonchev–Trinajstić information content (AvgIpc) is 3.16. The second-order valence-electron chi connectivity index (χ2n) is 5.90. The van der Waals surface area contributed by atoms with Gasteiger partial charge in [-0.25, -0.2) is 4.98 Å². The normalized spacial score (nSPS) is 17.8. The van der Waals surface area contributed by atoms with Gasteiger partial charge in [0, 0.05) is 17.5 Å². The fourth-order valence-electron chi connectivity index (χ4n) is 2.92. The second kappa shape index (κ2) is 6.37. The first-order valence-electron chi connectivity index (χ1n) is 7.97. The molecule has 4 rings (SSSR count). The summed E-state index contributed by atoms with van der Waals surface area (Å²) in [4.78, 5) is 16.2. The molecule has 0 unspecified atom stereocenters. The van der Waals surface area contributed by atoms with E-state index >= 15 is 0 Å². The Kier molecular flexibility index (Phi) is 3.92. The Balaban J connectivity index is 1.58. The molecular formula is C17H17N5O2. The zero-order chi connectivity index (χ0) is 16.4. The molecule has 3 heterocycles. The third kappa shape index (κ3) is 2.98. The number of oxazole rings is 1. The van der Waals surface area contributed by atoms with Crippen LogP contribution in [0.3, 0.4) is 0 Å². The zero-order valence-corrected chi connectivity index (χ0v) is 13.0. The monoisotopic (exact) mass is 323 g/mol. The third-order valence-corrected chi connectivity index (χ3v) is 4.22. The molecule has 0 bridgehead atoms. The van der Waals surface area contributed by atoms with Crippen molar-refractivity contribution in [2.45, 2.75) is 12.8 Å². The van der Waals surface area contributed by atoms with Crippen LogP contribution in [0.25, 0.3) is 22.2 Å². The molecule has 0 saturated carbocycles. The molecule has 1 atom stereocenters. The van der Waals surface area contributed by atoms with Crippen LogP contribution in [0, 0.1) is 5.92 Å². The van der Waals surface area contributed by atoms with Gasteiger partial charge in [0.15, 0.2) is 18.0 Å². The number of fused-ring (bicyclic) bond motifs is 1. The number of nitrogens with one attached hydrogen (secondary N) is 2. The fraction of sp³-hybridized carbons (Fsp3) is 0.294. The number of amides is 1. The van der Waals surface area contributed by atoms with Crippen molar-refractivity contribution in [2.75, 3.05) is 18.4 Å². The van der Waals surface area contributed by atoms with Crippen LogP contribution in [0.2, 0.25) is 0 Å². The first-order chi connectivity index (χ1) is 11.8. The molecule has 2 N–H and O–H groups in total. The van der Waals surface area contributed by atoms with Crippen molar-refractivity contribution in [2.24, 2.45) is 5.92 Å². The summed E-state index contributed by atoms with van der Waals surface area (Å²) in [5, 5.41) is 15.3. The molecule has 122 valence electrons. The smallest absolute Gasteiger partial charge is 0.229 e. The summed E-state index contributed by atoms with van der Waals surface area (Å²) >= 11 is 0. The van der Waals surface area contributed by atoms with E-state index in [4.69, 9.17) is 4.42 Å². The average molecular weight is 323 g/mol. The topological polar surface area (TPSA) is 92.9 Å². The molecular weight excluding hydrogens is 306 g/mol. The van der Waals surface area contributed by atoms with Crippen LogP contribution in [-0.2, 0) is 4.79 Å². The molecule has 24 heavy (non-hydrogen) atoms. The van der Waals surface area contributed by atoms with E-state index in [1.165, 1.54) is 6.39 Å². The van der Waals surface area contributed by atoms with Crippen molar-refractivity contribution in [3.05, 3.63) is 36.9 Å². The van der Waals surface area contributed by atoms with Crippen LogP contribution in [0.4, 0.5) is 5.82 Å². The highest BCUT2D eigenvalue weighted by Gasteiger charge is 2.21. The Labute approximate surface area is 138 Å².